The molecule has 9 heteroatoms. The highest BCUT2D eigenvalue weighted by Crippen LogP contribution is 2.33. The fourth-order valence-electron chi connectivity index (χ4n) is 2.58. The summed E-state index contributed by atoms with van der Waals surface area (Å²) in [5.74, 6) is 0.194. The quantitative estimate of drug-likeness (QED) is 0.508. The maximum absolute atomic E-state index is 12.8. The molecule has 0 aliphatic heterocycles. The number of rotatable bonds is 5. The zero-order valence-corrected chi connectivity index (χ0v) is 14.1. The minimum absolute atomic E-state index is 0.155. The maximum Gasteiger partial charge on any atom is 0.416 e. The number of aliphatic hydroxyl groups is 1. The van der Waals surface area contributed by atoms with Gasteiger partial charge in [0.1, 0.15) is 18.0 Å². The zero-order valence-electron chi connectivity index (χ0n) is 14.1. The number of nitrogens with zero attached hydrogens (tertiary/aromatic N) is 1. The first-order valence-corrected chi connectivity index (χ1v) is 7.86. The highest BCUT2D eigenvalue weighted by Gasteiger charge is 2.31. The number of aromatic nitrogens is 1. The van der Waals surface area contributed by atoms with Crippen LogP contribution in [-0.2, 0) is 11.8 Å². The number of hydrogen-bond donors (Lipinski definition) is 2. The van der Waals surface area contributed by atoms with Crippen LogP contribution in [0.1, 0.15) is 18.2 Å². The van der Waals surface area contributed by atoms with Gasteiger partial charge >= 0.3 is 6.18 Å². The summed E-state index contributed by atoms with van der Waals surface area (Å²) in [7, 11) is 0. The van der Waals surface area contributed by atoms with Gasteiger partial charge in [-0.1, -0.05) is 12.1 Å². The minimum atomic E-state index is -4.47. The summed E-state index contributed by atoms with van der Waals surface area (Å²) in [5.41, 5.74) is -2.01. The summed E-state index contributed by atoms with van der Waals surface area (Å²) in [6.07, 6.45) is -4.47. The molecule has 2 N–H and O–H groups in total. The normalized spacial score (nSPS) is 14.1. The van der Waals surface area contributed by atoms with Gasteiger partial charge in [-0.15, -0.1) is 0 Å². The number of nitro groups is 1. The predicted octanol–water partition coefficient (Wildman–Crippen LogP) is 4.38. The third kappa shape index (κ3) is 4.03. The van der Waals surface area contributed by atoms with Gasteiger partial charge in [-0.3, -0.25) is 10.1 Å². The molecule has 0 amide bonds. The predicted molar refractivity (Wildman–Crippen MR) is 91.5 cm³/mol. The summed E-state index contributed by atoms with van der Waals surface area (Å²) in [6, 6.07) is 10.3. The molecule has 1 unspecified atom stereocenters. The molecule has 0 spiro atoms. The third-order valence-corrected chi connectivity index (χ3v) is 4.08. The topological polar surface area (TPSA) is 88.4 Å². The molecular weight excluding hydrogens is 365 g/mol. The number of ether oxygens (including phenoxy) is 1. The van der Waals surface area contributed by atoms with Crippen molar-refractivity contribution in [2.24, 2.45) is 0 Å². The Morgan fingerprint density at radius 3 is 2.59 bits per heavy atom. The van der Waals surface area contributed by atoms with Gasteiger partial charge in [0.15, 0.2) is 0 Å². The highest BCUT2D eigenvalue weighted by atomic mass is 19.4. The van der Waals surface area contributed by atoms with Crippen LogP contribution < -0.4 is 4.74 Å². The van der Waals surface area contributed by atoms with Crippen molar-refractivity contribution in [1.29, 1.82) is 0 Å². The van der Waals surface area contributed by atoms with Gasteiger partial charge in [0, 0.05) is 11.6 Å². The molecule has 6 nitrogen and oxygen atoms in total. The van der Waals surface area contributed by atoms with E-state index in [0.29, 0.717) is 5.39 Å². The molecule has 0 aliphatic rings. The smallest absolute Gasteiger partial charge is 0.416 e. The second-order valence-corrected chi connectivity index (χ2v) is 6.30. The van der Waals surface area contributed by atoms with Crippen LogP contribution in [0.3, 0.4) is 0 Å². The Bertz CT molecular complexity index is 996. The number of nitrogens with one attached hydrogen (secondary N) is 1. The lowest BCUT2D eigenvalue weighted by Gasteiger charge is -2.22. The summed E-state index contributed by atoms with van der Waals surface area (Å²) in [5, 5.41) is 21.9. The number of H-pyrrole nitrogens is 1. The fourth-order valence-corrected chi connectivity index (χ4v) is 2.58. The van der Waals surface area contributed by atoms with E-state index >= 15 is 0 Å². The Labute approximate surface area is 151 Å². The average molecular weight is 380 g/mol. The van der Waals surface area contributed by atoms with Crippen LogP contribution in [0.2, 0.25) is 0 Å². The van der Waals surface area contributed by atoms with Crippen LogP contribution in [-0.4, -0.2) is 21.6 Å². The molecule has 27 heavy (non-hydrogen) atoms. The van der Waals surface area contributed by atoms with E-state index in [0.717, 1.165) is 12.1 Å². The van der Waals surface area contributed by atoms with Crippen molar-refractivity contribution in [3.63, 3.8) is 0 Å². The molecule has 1 atom stereocenters. The molecule has 0 saturated carbocycles. The van der Waals surface area contributed by atoms with Crippen LogP contribution in [0.25, 0.3) is 10.9 Å². The van der Waals surface area contributed by atoms with Crippen molar-refractivity contribution in [2.45, 2.75) is 18.7 Å². The molecule has 3 rings (SSSR count). The Kier molecular flexibility index (Phi) is 4.56. The van der Waals surface area contributed by atoms with Crippen LogP contribution in [0.15, 0.2) is 48.5 Å². The lowest BCUT2D eigenvalue weighted by atomic mass is 10.0. The summed E-state index contributed by atoms with van der Waals surface area (Å²) >= 11 is 0. The maximum atomic E-state index is 12.8. The van der Waals surface area contributed by atoms with Gasteiger partial charge in [0.25, 0.3) is 5.69 Å². The second-order valence-electron chi connectivity index (χ2n) is 6.30. The highest BCUT2D eigenvalue weighted by molar-refractivity contribution is 5.81. The van der Waals surface area contributed by atoms with Crippen molar-refractivity contribution >= 4 is 16.6 Å². The van der Waals surface area contributed by atoms with Gasteiger partial charge in [0.05, 0.1) is 22.2 Å². The van der Waals surface area contributed by atoms with Crippen LogP contribution in [0.4, 0.5) is 18.9 Å². The van der Waals surface area contributed by atoms with E-state index in [9.17, 15) is 28.4 Å². The molecule has 0 fully saturated rings. The third-order valence-electron chi connectivity index (χ3n) is 4.08. The Hall–Kier alpha value is -3.07. The first kappa shape index (κ1) is 18.7. The minimum Gasteiger partial charge on any atom is -0.490 e. The molecule has 3 aromatic rings. The molecular formula is C18H15F3N2O4. The standard InChI is InChI=1S/C18H15F3N2O4/c1-17(24,10-27-14-4-2-3-13(9-14)23(25)26)16-7-11-5-6-12(18(19,20)21)8-15(11)22-16/h2-9,22,24H,10H2,1H3. The largest absolute Gasteiger partial charge is 0.490 e. The number of non-ortho nitro benzene ring substituents is 1. The number of aromatic amines is 1. The van der Waals surface area contributed by atoms with Crippen LogP contribution in [0, 0.1) is 10.1 Å². The molecule has 0 aliphatic carbocycles. The molecule has 2 aromatic carbocycles. The number of benzene rings is 2. The van der Waals surface area contributed by atoms with Crippen molar-refractivity contribution in [3.8, 4) is 5.75 Å². The van der Waals surface area contributed by atoms with Gasteiger partial charge in [-0.2, -0.15) is 13.2 Å². The lowest BCUT2D eigenvalue weighted by molar-refractivity contribution is -0.384. The summed E-state index contributed by atoms with van der Waals surface area (Å²) < 4.78 is 43.9. The van der Waals surface area contributed by atoms with E-state index in [1.165, 1.54) is 43.3 Å². The first-order chi connectivity index (χ1) is 12.6. The number of nitro benzene ring substituents is 1. The average Bonchev–Trinajstić information content (AvgIpc) is 3.04. The van der Waals surface area contributed by atoms with Crippen molar-refractivity contribution in [3.05, 3.63) is 69.9 Å². The summed E-state index contributed by atoms with van der Waals surface area (Å²) in [4.78, 5) is 13.0. The Balaban J connectivity index is 1.82. The van der Waals surface area contributed by atoms with Gasteiger partial charge in [0.2, 0.25) is 0 Å². The number of halogens is 3. The molecule has 0 bridgehead atoms. The summed E-state index contributed by atoms with van der Waals surface area (Å²) in [6.45, 7) is 1.17. The van der Waals surface area contributed by atoms with Gasteiger partial charge in [-0.05, 0) is 36.6 Å². The van der Waals surface area contributed by atoms with E-state index in [4.69, 9.17) is 4.74 Å². The Morgan fingerprint density at radius 1 is 1.19 bits per heavy atom. The van der Waals surface area contributed by atoms with Gasteiger partial charge in [-0.25, -0.2) is 0 Å². The van der Waals surface area contributed by atoms with E-state index in [-0.39, 0.29) is 29.3 Å². The van der Waals surface area contributed by atoms with E-state index in [1.807, 2.05) is 0 Å². The van der Waals surface area contributed by atoms with Crippen molar-refractivity contribution in [2.75, 3.05) is 6.61 Å². The van der Waals surface area contributed by atoms with E-state index in [1.54, 1.807) is 0 Å². The Morgan fingerprint density at radius 2 is 1.93 bits per heavy atom. The van der Waals surface area contributed by atoms with Crippen molar-refractivity contribution < 1.29 is 27.9 Å². The fraction of sp³-hybridized carbons (Fsp3) is 0.222. The van der Waals surface area contributed by atoms with Crippen LogP contribution in [0.5, 0.6) is 5.75 Å². The van der Waals surface area contributed by atoms with Crippen LogP contribution >= 0.6 is 0 Å². The number of alkyl halides is 3. The molecule has 1 aromatic heterocycles. The lowest BCUT2D eigenvalue weighted by Crippen LogP contribution is -2.29. The van der Waals surface area contributed by atoms with Crippen molar-refractivity contribution in [1.82, 2.24) is 4.98 Å². The first-order valence-electron chi connectivity index (χ1n) is 7.86. The molecule has 142 valence electrons. The molecule has 0 saturated heterocycles. The number of fused-ring (bicyclic) bond motifs is 1. The second kappa shape index (κ2) is 6.58. The van der Waals surface area contributed by atoms with E-state index < -0.39 is 22.3 Å². The monoisotopic (exact) mass is 380 g/mol. The number of hydrogen-bond acceptors (Lipinski definition) is 4. The van der Waals surface area contributed by atoms with E-state index in [2.05, 4.69) is 4.98 Å². The molecule has 1 heterocycles. The zero-order chi connectivity index (χ0) is 19.8. The SMILES string of the molecule is CC(O)(COc1cccc([N+](=O)[O-])c1)c1cc2ccc(C(F)(F)F)cc2[nH]1. The van der Waals surface area contributed by atoms with Gasteiger partial charge < -0.3 is 14.8 Å². The molecule has 0 radical (unpaired) electrons.